The number of carbonyl (C=O) groups excluding carboxylic acids is 1. The maximum absolute atomic E-state index is 14.0. The number of aromatic nitrogens is 1. The number of hydrogen-bond acceptors (Lipinski definition) is 10. The zero-order valence-corrected chi connectivity index (χ0v) is 25.4. The van der Waals surface area contributed by atoms with Crippen LogP contribution in [0.15, 0.2) is 81.7 Å². The normalized spacial score (nSPS) is 15.5. The van der Waals surface area contributed by atoms with E-state index in [0.29, 0.717) is 61.5 Å². The second-order valence-electron chi connectivity index (χ2n) is 9.93. The highest BCUT2D eigenvalue weighted by Crippen LogP contribution is 2.36. The molecule has 10 nitrogen and oxygen atoms in total. The first-order chi connectivity index (χ1) is 21.4. The van der Waals surface area contributed by atoms with Crippen LogP contribution in [0.25, 0.3) is 6.08 Å². The monoisotopic (exact) mass is 614 g/mol. The zero-order valence-electron chi connectivity index (χ0n) is 24.6. The predicted octanol–water partition coefficient (Wildman–Crippen LogP) is 4.12. The van der Waals surface area contributed by atoms with Crippen molar-refractivity contribution in [2.75, 3.05) is 27.6 Å². The minimum Gasteiger partial charge on any atom is -0.496 e. The first-order valence-electron chi connectivity index (χ1n) is 13.9. The summed E-state index contributed by atoms with van der Waals surface area (Å²) in [5.41, 5.74) is 2.80. The van der Waals surface area contributed by atoms with Crippen LogP contribution in [-0.2, 0) is 16.1 Å². The van der Waals surface area contributed by atoms with Gasteiger partial charge in [-0.2, -0.15) is 0 Å². The molecule has 11 heteroatoms. The van der Waals surface area contributed by atoms with Gasteiger partial charge in [-0.25, -0.2) is 9.79 Å². The number of rotatable bonds is 9. The quantitative estimate of drug-likeness (QED) is 0.259. The number of benzene rings is 3. The molecule has 1 unspecified atom stereocenters. The average molecular weight is 615 g/mol. The molecule has 0 N–H and O–H groups in total. The third kappa shape index (κ3) is 5.42. The standard InChI is InChI=1S/C33H30N2O8S/c1-5-40-32(37)29-19(2)34-33-35(30(29)22-8-6-7-9-23(22)38-3)31(36)28(44-33)16-20-10-12-24(26(14-20)39-4)41-17-21-11-13-25-27(15-21)43-18-42-25/h6-16,30H,5,17-18H2,1-4H3/b28-16-. The van der Waals surface area contributed by atoms with E-state index in [1.54, 1.807) is 52.3 Å². The Balaban J connectivity index is 1.36. The maximum atomic E-state index is 14.0. The molecule has 0 fully saturated rings. The van der Waals surface area contributed by atoms with Gasteiger partial charge in [-0.15, -0.1) is 0 Å². The summed E-state index contributed by atoms with van der Waals surface area (Å²) in [7, 11) is 3.12. The predicted molar refractivity (Wildman–Crippen MR) is 163 cm³/mol. The Morgan fingerprint density at radius 3 is 2.61 bits per heavy atom. The molecule has 4 aromatic rings. The van der Waals surface area contributed by atoms with Crippen molar-refractivity contribution in [3.05, 3.63) is 108 Å². The number of hydrogen-bond donors (Lipinski definition) is 0. The molecule has 44 heavy (non-hydrogen) atoms. The van der Waals surface area contributed by atoms with Gasteiger partial charge in [-0.1, -0.05) is 41.7 Å². The van der Waals surface area contributed by atoms with Crippen molar-refractivity contribution in [2.24, 2.45) is 4.99 Å². The lowest BCUT2D eigenvalue weighted by Gasteiger charge is -2.25. The number of carbonyl (C=O) groups is 1. The van der Waals surface area contributed by atoms with E-state index in [1.807, 2.05) is 42.5 Å². The molecule has 1 aromatic heterocycles. The minimum atomic E-state index is -0.773. The molecule has 3 heterocycles. The summed E-state index contributed by atoms with van der Waals surface area (Å²) in [5, 5.41) is 0. The van der Waals surface area contributed by atoms with Crippen molar-refractivity contribution in [1.82, 2.24) is 4.57 Å². The van der Waals surface area contributed by atoms with E-state index in [-0.39, 0.29) is 19.0 Å². The second-order valence-corrected chi connectivity index (χ2v) is 10.9. The molecule has 3 aromatic carbocycles. The van der Waals surface area contributed by atoms with Gasteiger partial charge in [-0.3, -0.25) is 9.36 Å². The highest BCUT2D eigenvalue weighted by Gasteiger charge is 2.35. The molecular weight excluding hydrogens is 584 g/mol. The van der Waals surface area contributed by atoms with Crippen molar-refractivity contribution in [3.63, 3.8) is 0 Å². The van der Waals surface area contributed by atoms with Gasteiger partial charge < -0.3 is 28.4 Å². The number of allylic oxidation sites excluding steroid dienone is 1. The van der Waals surface area contributed by atoms with Crippen LogP contribution in [-0.4, -0.2) is 38.2 Å². The van der Waals surface area contributed by atoms with Crippen LogP contribution in [0.4, 0.5) is 0 Å². The highest BCUT2D eigenvalue weighted by atomic mass is 32.1. The van der Waals surface area contributed by atoms with Crippen LogP contribution in [0, 0.1) is 0 Å². The van der Waals surface area contributed by atoms with Crippen LogP contribution < -0.4 is 38.6 Å². The number of nitrogens with zero attached hydrogens (tertiary/aromatic N) is 2. The summed E-state index contributed by atoms with van der Waals surface area (Å²) in [6.07, 6.45) is 1.77. The molecule has 226 valence electrons. The molecule has 0 saturated heterocycles. The van der Waals surface area contributed by atoms with Crippen LogP contribution in [0.2, 0.25) is 0 Å². The Hall–Kier alpha value is -5.03. The molecule has 6 rings (SSSR count). The fraction of sp³-hybridized carbons (Fsp3) is 0.242. The van der Waals surface area contributed by atoms with Gasteiger partial charge in [0.25, 0.3) is 5.56 Å². The number of para-hydroxylation sites is 1. The fourth-order valence-corrected chi connectivity index (χ4v) is 6.26. The van der Waals surface area contributed by atoms with E-state index in [2.05, 4.69) is 4.99 Å². The zero-order chi connectivity index (χ0) is 30.8. The van der Waals surface area contributed by atoms with Gasteiger partial charge >= 0.3 is 5.97 Å². The van der Waals surface area contributed by atoms with Crippen molar-refractivity contribution in [1.29, 1.82) is 0 Å². The third-order valence-electron chi connectivity index (χ3n) is 7.27. The van der Waals surface area contributed by atoms with Gasteiger partial charge in [0, 0.05) is 5.56 Å². The second kappa shape index (κ2) is 12.3. The molecular formula is C33H30N2O8S. The highest BCUT2D eigenvalue weighted by molar-refractivity contribution is 7.07. The van der Waals surface area contributed by atoms with Gasteiger partial charge in [0.1, 0.15) is 18.4 Å². The van der Waals surface area contributed by atoms with Gasteiger partial charge in [0.2, 0.25) is 6.79 Å². The van der Waals surface area contributed by atoms with Crippen LogP contribution in [0.3, 0.4) is 0 Å². The molecule has 0 amide bonds. The molecule has 0 bridgehead atoms. The summed E-state index contributed by atoms with van der Waals surface area (Å²) in [4.78, 5) is 32.3. The van der Waals surface area contributed by atoms with Crippen molar-refractivity contribution in [3.8, 4) is 28.7 Å². The Kier molecular flexibility index (Phi) is 8.12. The Bertz CT molecular complexity index is 1960. The largest absolute Gasteiger partial charge is 0.496 e. The molecule has 0 saturated carbocycles. The lowest BCUT2D eigenvalue weighted by atomic mass is 9.95. The Labute approximate surface area is 257 Å². The summed E-state index contributed by atoms with van der Waals surface area (Å²) >= 11 is 1.24. The van der Waals surface area contributed by atoms with Gasteiger partial charge in [0.15, 0.2) is 27.8 Å². The van der Waals surface area contributed by atoms with E-state index in [4.69, 9.17) is 28.4 Å². The molecule has 2 aliphatic rings. The SMILES string of the molecule is CCOC(=O)C1=C(C)N=c2s/c(=C\c3ccc(OCc4ccc5c(c4)OCO5)c(OC)c3)c(=O)n2C1c1ccccc1OC. The third-order valence-corrected chi connectivity index (χ3v) is 8.25. The summed E-state index contributed by atoms with van der Waals surface area (Å²) in [6, 6.07) is 17.7. The van der Waals surface area contributed by atoms with E-state index >= 15 is 0 Å². The van der Waals surface area contributed by atoms with Crippen molar-refractivity contribution in [2.45, 2.75) is 26.5 Å². The number of thiazole rings is 1. The fourth-order valence-electron chi connectivity index (χ4n) is 5.21. The summed E-state index contributed by atoms with van der Waals surface area (Å²) in [5.74, 6) is 2.48. The first-order valence-corrected chi connectivity index (χ1v) is 14.8. The first kappa shape index (κ1) is 29.1. The number of ether oxygens (including phenoxy) is 6. The Morgan fingerprint density at radius 1 is 1.02 bits per heavy atom. The summed E-state index contributed by atoms with van der Waals surface area (Å²) in [6.45, 7) is 4.19. The van der Waals surface area contributed by atoms with E-state index in [1.165, 1.54) is 15.9 Å². The maximum Gasteiger partial charge on any atom is 0.338 e. The molecule has 2 aliphatic heterocycles. The van der Waals surface area contributed by atoms with Gasteiger partial charge in [-0.05, 0) is 61.4 Å². The number of esters is 1. The molecule has 0 radical (unpaired) electrons. The van der Waals surface area contributed by atoms with Gasteiger partial charge in [0.05, 0.1) is 36.6 Å². The Morgan fingerprint density at radius 2 is 1.82 bits per heavy atom. The van der Waals surface area contributed by atoms with E-state index in [9.17, 15) is 9.59 Å². The lowest BCUT2D eigenvalue weighted by Crippen LogP contribution is -2.40. The van der Waals surface area contributed by atoms with E-state index in [0.717, 1.165) is 11.1 Å². The lowest BCUT2D eigenvalue weighted by molar-refractivity contribution is -0.139. The van der Waals surface area contributed by atoms with Crippen LogP contribution in [0.5, 0.6) is 28.7 Å². The average Bonchev–Trinajstić information content (AvgIpc) is 3.63. The number of methoxy groups -OCH3 is 2. The smallest absolute Gasteiger partial charge is 0.338 e. The minimum absolute atomic E-state index is 0.191. The van der Waals surface area contributed by atoms with Crippen LogP contribution >= 0.6 is 11.3 Å². The topological polar surface area (TPSA) is 107 Å². The van der Waals surface area contributed by atoms with E-state index < -0.39 is 12.0 Å². The molecule has 1 atom stereocenters. The number of fused-ring (bicyclic) bond motifs is 2. The molecule has 0 aliphatic carbocycles. The summed E-state index contributed by atoms with van der Waals surface area (Å²) < 4.78 is 35.5. The van der Waals surface area contributed by atoms with Crippen molar-refractivity contribution < 1.29 is 33.2 Å². The van der Waals surface area contributed by atoms with Crippen molar-refractivity contribution >= 4 is 23.4 Å². The molecule has 0 spiro atoms. The van der Waals surface area contributed by atoms with Crippen LogP contribution in [0.1, 0.15) is 36.6 Å².